The average Bonchev–Trinajstić information content (AvgIpc) is 2.88. The summed E-state index contributed by atoms with van der Waals surface area (Å²) in [5.41, 5.74) is 6.10. The van der Waals surface area contributed by atoms with Crippen LogP contribution < -0.4 is 11.1 Å². The van der Waals surface area contributed by atoms with Gasteiger partial charge in [-0.25, -0.2) is 0 Å². The van der Waals surface area contributed by atoms with Gasteiger partial charge in [-0.2, -0.15) is 0 Å². The van der Waals surface area contributed by atoms with Crippen molar-refractivity contribution in [3.05, 3.63) is 0 Å². The SMILES string of the molecule is NCC1(NC2CCCCC2)CC1. The molecule has 2 nitrogen and oxygen atoms in total. The standard InChI is InChI=1S/C10H20N2/c11-8-10(6-7-10)12-9-4-2-1-3-5-9/h9,12H,1-8,11H2. The lowest BCUT2D eigenvalue weighted by molar-refractivity contribution is 0.328. The summed E-state index contributed by atoms with van der Waals surface area (Å²) in [4.78, 5) is 0. The van der Waals surface area contributed by atoms with Gasteiger partial charge < -0.3 is 11.1 Å². The minimum Gasteiger partial charge on any atom is -0.329 e. The van der Waals surface area contributed by atoms with E-state index in [0.29, 0.717) is 5.54 Å². The van der Waals surface area contributed by atoms with Crippen molar-refractivity contribution in [2.45, 2.75) is 56.5 Å². The van der Waals surface area contributed by atoms with Gasteiger partial charge in [-0.3, -0.25) is 0 Å². The summed E-state index contributed by atoms with van der Waals surface area (Å²) >= 11 is 0. The Labute approximate surface area is 74.9 Å². The molecule has 2 fully saturated rings. The zero-order chi connectivity index (χ0) is 8.44. The average molecular weight is 168 g/mol. The Balaban J connectivity index is 1.77. The predicted molar refractivity (Wildman–Crippen MR) is 51.0 cm³/mol. The fourth-order valence-electron chi connectivity index (χ4n) is 2.24. The Morgan fingerprint density at radius 2 is 1.83 bits per heavy atom. The smallest absolute Gasteiger partial charge is 0.0307 e. The van der Waals surface area contributed by atoms with Gasteiger partial charge in [0, 0.05) is 18.1 Å². The van der Waals surface area contributed by atoms with E-state index >= 15 is 0 Å². The van der Waals surface area contributed by atoms with Gasteiger partial charge in [0.2, 0.25) is 0 Å². The summed E-state index contributed by atoms with van der Waals surface area (Å²) < 4.78 is 0. The number of hydrogen-bond donors (Lipinski definition) is 2. The summed E-state index contributed by atoms with van der Waals surface area (Å²) in [5, 5.41) is 3.73. The Morgan fingerprint density at radius 3 is 2.33 bits per heavy atom. The third-order valence-electron chi connectivity index (χ3n) is 3.36. The van der Waals surface area contributed by atoms with Crippen LogP contribution in [0, 0.1) is 0 Å². The van der Waals surface area contributed by atoms with Gasteiger partial charge in [0.25, 0.3) is 0 Å². The van der Waals surface area contributed by atoms with Crippen LogP contribution in [-0.2, 0) is 0 Å². The summed E-state index contributed by atoms with van der Waals surface area (Å²) in [6, 6.07) is 0.782. The maximum atomic E-state index is 5.72. The molecule has 0 aromatic rings. The summed E-state index contributed by atoms with van der Waals surface area (Å²) in [6.07, 6.45) is 9.63. The zero-order valence-corrected chi connectivity index (χ0v) is 7.81. The fraction of sp³-hybridized carbons (Fsp3) is 1.00. The second-order valence-corrected chi connectivity index (χ2v) is 4.46. The molecule has 2 saturated carbocycles. The van der Waals surface area contributed by atoms with Gasteiger partial charge in [-0.05, 0) is 25.7 Å². The van der Waals surface area contributed by atoms with Gasteiger partial charge in [-0.15, -0.1) is 0 Å². The molecule has 2 aliphatic carbocycles. The molecule has 0 radical (unpaired) electrons. The normalized spacial score (nSPS) is 28.8. The molecule has 0 saturated heterocycles. The first-order valence-electron chi connectivity index (χ1n) is 5.32. The Morgan fingerprint density at radius 1 is 1.17 bits per heavy atom. The molecule has 2 heteroatoms. The van der Waals surface area contributed by atoms with Crippen LogP contribution in [0.25, 0.3) is 0 Å². The van der Waals surface area contributed by atoms with Gasteiger partial charge in [0.05, 0.1) is 0 Å². The first kappa shape index (κ1) is 8.52. The predicted octanol–water partition coefficient (Wildman–Crippen LogP) is 1.40. The van der Waals surface area contributed by atoms with Crippen molar-refractivity contribution in [3.63, 3.8) is 0 Å². The summed E-state index contributed by atoms with van der Waals surface area (Å²) in [6.45, 7) is 0.837. The first-order valence-corrected chi connectivity index (χ1v) is 5.32. The van der Waals surface area contributed by atoms with Crippen LogP contribution in [0.5, 0.6) is 0 Å². The van der Waals surface area contributed by atoms with E-state index in [0.717, 1.165) is 12.6 Å². The van der Waals surface area contributed by atoms with Crippen LogP contribution in [0.4, 0.5) is 0 Å². The van der Waals surface area contributed by atoms with E-state index in [1.165, 1.54) is 44.9 Å². The van der Waals surface area contributed by atoms with Gasteiger partial charge in [0.15, 0.2) is 0 Å². The topological polar surface area (TPSA) is 38.0 Å². The van der Waals surface area contributed by atoms with Crippen molar-refractivity contribution in [2.24, 2.45) is 5.73 Å². The molecule has 0 amide bonds. The van der Waals surface area contributed by atoms with Crippen molar-refractivity contribution < 1.29 is 0 Å². The van der Waals surface area contributed by atoms with E-state index in [1.54, 1.807) is 0 Å². The highest BCUT2D eigenvalue weighted by molar-refractivity contribution is 5.04. The van der Waals surface area contributed by atoms with Crippen LogP contribution in [0.2, 0.25) is 0 Å². The van der Waals surface area contributed by atoms with Gasteiger partial charge >= 0.3 is 0 Å². The summed E-state index contributed by atoms with van der Waals surface area (Å²) in [5.74, 6) is 0. The minimum atomic E-state index is 0.377. The molecule has 70 valence electrons. The zero-order valence-electron chi connectivity index (χ0n) is 7.81. The van der Waals surface area contributed by atoms with Crippen molar-refractivity contribution in [1.29, 1.82) is 0 Å². The highest BCUT2D eigenvalue weighted by atomic mass is 15.1. The van der Waals surface area contributed by atoms with Crippen molar-refractivity contribution in [3.8, 4) is 0 Å². The van der Waals surface area contributed by atoms with Crippen molar-refractivity contribution >= 4 is 0 Å². The fourth-order valence-corrected chi connectivity index (χ4v) is 2.24. The van der Waals surface area contributed by atoms with Gasteiger partial charge in [-0.1, -0.05) is 19.3 Å². The summed E-state index contributed by atoms with van der Waals surface area (Å²) in [7, 11) is 0. The van der Waals surface area contributed by atoms with Crippen LogP contribution in [-0.4, -0.2) is 18.1 Å². The molecular formula is C10H20N2. The van der Waals surface area contributed by atoms with Gasteiger partial charge in [0.1, 0.15) is 0 Å². The second kappa shape index (κ2) is 3.35. The molecule has 0 aromatic heterocycles. The molecule has 0 unspecified atom stereocenters. The number of nitrogens with one attached hydrogen (secondary N) is 1. The number of hydrogen-bond acceptors (Lipinski definition) is 2. The van der Waals surface area contributed by atoms with E-state index < -0.39 is 0 Å². The Hall–Kier alpha value is -0.0800. The van der Waals surface area contributed by atoms with E-state index in [-0.39, 0.29) is 0 Å². The lowest BCUT2D eigenvalue weighted by Gasteiger charge is -2.27. The van der Waals surface area contributed by atoms with Crippen LogP contribution in [0.1, 0.15) is 44.9 Å². The molecule has 3 N–H and O–H groups in total. The van der Waals surface area contributed by atoms with E-state index in [2.05, 4.69) is 5.32 Å². The Bertz CT molecular complexity index is 146. The molecule has 0 aliphatic heterocycles. The molecule has 2 aliphatic rings. The molecule has 0 bridgehead atoms. The number of rotatable bonds is 3. The Kier molecular flexibility index (Phi) is 2.37. The molecule has 2 rings (SSSR count). The quantitative estimate of drug-likeness (QED) is 0.668. The molecular weight excluding hydrogens is 148 g/mol. The third-order valence-corrected chi connectivity index (χ3v) is 3.36. The lowest BCUT2D eigenvalue weighted by Crippen LogP contribution is -2.45. The maximum Gasteiger partial charge on any atom is 0.0307 e. The molecule has 12 heavy (non-hydrogen) atoms. The lowest BCUT2D eigenvalue weighted by atomic mass is 9.94. The highest BCUT2D eigenvalue weighted by Gasteiger charge is 2.42. The van der Waals surface area contributed by atoms with Crippen molar-refractivity contribution in [1.82, 2.24) is 5.32 Å². The van der Waals surface area contributed by atoms with Crippen LogP contribution in [0.15, 0.2) is 0 Å². The van der Waals surface area contributed by atoms with Crippen LogP contribution in [0.3, 0.4) is 0 Å². The van der Waals surface area contributed by atoms with E-state index in [1.807, 2.05) is 0 Å². The monoisotopic (exact) mass is 168 g/mol. The largest absolute Gasteiger partial charge is 0.329 e. The molecule has 0 heterocycles. The minimum absolute atomic E-state index is 0.377. The molecule has 0 atom stereocenters. The van der Waals surface area contributed by atoms with Crippen molar-refractivity contribution in [2.75, 3.05) is 6.54 Å². The maximum absolute atomic E-state index is 5.72. The highest BCUT2D eigenvalue weighted by Crippen LogP contribution is 2.36. The van der Waals surface area contributed by atoms with Crippen LogP contribution >= 0.6 is 0 Å². The second-order valence-electron chi connectivity index (χ2n) is 4.46. The van der Waals surface area contributed by atoms with E-state index in [4.69, 9.17) is 5.73 Å². The third kappa shape index (κ3) is 1.80. The molecule has 0 spiro atoms. The number of nitrogens with two attached hydrogens (primary N) is 1. The first-order chi connectivity index (χ1) is 5.85. The molecule has 0 aromatic carbocycles. The van der Waals surface area contributed by atoms with E-state index in [9.17, 15) is 0 Å².